The van der Waals surface area contributed by atoms with Gasteiger partial charge in [0.05, 0.1) is 32.0 Å². The fraction of sp³-hybridized carbons (Fsp3) is 0.979. The third kappa shape index (κ3) is 23.4. The molecular weight excluding hydrogens is 799 g/mol. The number of carbonyl (C=O) groups is 1. The molecule has 368 valence electrons. The molecular formula is C48H93NO13. The number of hydrogen-bond donors (Lipinski definition) is 9. The lowest BCUT2D eigenvalue weighted by Crippen LogP contribution is -2.65. The molecule has 9 N–H and O–H groups in total. The normalized spacial score (nSPS) is 27.6. The van der Waals surface area contributed by atoms with Crippen LogP contribution in [0.25, 0.3) is 0 Å². The summed E-state index contributed by atoms with van der Waals surface area (Å²) < 4.78 is 22.7. The average Bonchev–Trinajstić information content (AvgIpc) is 3.27. The first kappa shape index (κ1) is 57.1. The molecule has 14 heteroatoms. The summed E-state index contributed by atoms with van der Waals surface area (Å²) in [7, 11) is 0. The van der Waals surface area contributed by atoms with Gasteiger partial charge in [0.25, 0.3) is 0 Å². The zero-order chi connectivity index (χ0) is 45.4. The van der Waals surface area contributed by atoms with E-state index in [0.29, 0.717) is 12.8 Å². The highest BCUT2D eigenvalue weighted by atomic mass is 16.7. The summed E-state index contributed by atoms with van der Waals surface area (Å²) in [6, 6.07) is -0.820. The van der Waals surface area contributed by atoms with Crippen molar-refractivity contribution in [1.82, 2.24) is 5.32 Å². The van der Waals surface area contributed by atoms with Gasteiger partial charge in [-0.25, -0.2) is 0 Å². The minimum atomic E-state index is -1.78. The Hall–Kier alpha value is -1.01. The van der Waals surface area contributed by atoms with Gasteiger partial charge in [0.15, 0.2) is 12.6 Å². The van der Waals surface area contributed by atoms with Crippen LogP contribution in [0.15, 0.2) is 0 Å². The molecule has 2 rings (SSSR count). The highest BCUT2D eigenvalue weighted by molar-refractivity contribution is 5.76. The first-order chi connectivity index (χ1) is 30.1. The molecule has 1 amide bonds. The SMILES string of the molecule is CCCCCCCCCCCCCCCCCC(O)C(COC1OC(CO)C(OC2OC(CO)C(O)C(O)C2O)C(O)C1O)NC(=O)CCCCCCCCCCCCCCC. The van der Waals surface area contributed by atoms with Crippen LogP contribution in [-0.2, 0) is 23.7 Å². The Balaban J connectivity index is 1.84. The number of aliphatic hydroxyl groups excluding tert-OH is 8. The summed E-state index contributed by atoms with van der Waals surface area (Å²) in [5.41, 5.74) is 0. The smallest absolute Gasteiger partial charge is 0.220 e. The van der Waals surface area contributed by atoms with Gasteiger partial charge in [0.1, 0.15) is 48.8 Å². The van der Waals surface area contributed by atoms with E-state index in [9.17, 15) is 45.6 Å². The number of nitrogens with one attached hydrogen (secondary N) is 1. The second kappa shape index (κ2) is 36.2. The molecule has 14 nitrogen and oxygen atoms in total. The number of rotatable bonds is 39. The van der Waals surface area contributed by atoms with E-state index in [2.05, 4.69) is 19.2 Å². The van der Waals surface area contributed by atoms with Crippen molar-refractivity contribution in [2.24, 2.45) is 0 Å². The van der Waals surface area contributed by atoms with Crippen molar-refractivity contribution in [2.45, 2.75) is 280 Å². The van der Waals surface area contributed by atoms with Crippen molar-refractivity contribution in [3.05, 3.63) is 0 Å². The highest BCUT2D eigenvalue weighted by Crippen LogP contribution is 2.30. The maximum Gasteiger partial charge on any atom is 0.220 e. The Labute approximate surface area is 374 Å². The lowest BCUT2D eigenvalue weighted by molar-refractivity contribution is -0.359. The van der Waals surface area contributed by atoms with Gasteiger partial charge in [-0.3, -0.25) is 4.79 Å². The molecule has 2 saturated heterocycles. The average molecular weight is 892 g/mol. The quantitative estimate of drug-likeness (QED) is 0.0313. The molecule has 2 aliphatic heterocycles. The Kier molecular flexibility index (Phi) is 33.3. The third-order valence-corrected chi connectivity index (χ3v) is 12.8. The summed E-state index contributed by atoms with van der Waals surface area (Å²) in [5.74, 6) is -0.205. The molecule has 0 aliphatic carbocycles. The lowest BCUT2D eigenvalue weighted by atomic mass is 9.97. The second-order valence-corrected chi connectivity index (χ2v) is 18.3. The van der Waals surface area contributed by atoms with Gasteiger partial charge in [-0.05, 0) is 12.8 Å². The highest BCUT2D eigenvalue weighted by Gasteiger charge is 2.51. The predicted molar refractivity (Wildman–Crippen MR) is 240 cm³/mol. The Bertz CT molecular complexity index is 1060. The molecule has 2 fully saturated rings. The fourth-order valence-corrected chi connectivity index (χ4v) is 8.65. The molecule has 12 unspecified atom stereocenters. The second-order valence-electron chi connectivity index (χ2n) is 18.3. The number of aliphatic hydroxyl groups is 8. The van der Waals surface area contributed by atoms with E-state index < -0.39 is 86.8 Å². The van der Waals surface area contributed by atoms with Crippen molar-refractivity contribution < 1.29 is 64.6 Å². The summed E-state index contributed by atoms with van der Waals surface area (Å²) in [6.07, 6.45) is 18.1. The molecule has 0 radical (unpaired) electrons. The zero-order valence-corrected chi connectivity index (χ0v) is 38.9. The Morgan fingerprint density at radius 2 is 0.919 bits per heavy atom. The summed E-state index contributed by atoms with van der Waals surface area (Å²) in [6.45, 7) is 2.85. The zero-order valence-electron chi connectivity index (χ0n) is 38.9. The molecule has 12 atom stereocenters. The molecule has 0 spiro atoms. The van der Waals surface area contributed by atoms with Crippen molar-refractivity contribution in [3.63, 3.8) is 0 Å². The van der Waals surface area contributed by atoms with E-state index in [1.807, 2.05) is 0 Å². The third-order valence-electron chi connectivity index (χ3n) is 12.8. The van der Waals surface area contributed by atoms with Crippen molar-refractivity contribution in [3.8, 4) is 0 Å². The largest absolute Gasteiger partial charge is 0.394 e. The standard InChI is InChI=1S/C48H93NO13/c1-3-5-7-9-11-13-15-17-18-20-21-23-25-27-29-31-37(52)36(49-40(53)32-30-28-26-24-22-19-16-14-12-10-8-6-4-2)35-59-47-45(58)43(56)46(39(34-51)61-47)62-48-44(57)42(55)41(54)38(33-50)60-48/h36-39,41-48,50-52,54-58H,3-35H2,1-2H3,(H,49,53). The van der Waals surface area contributed by atoms with Crippen LogP contribution in [0.5, 0.6) is 0 Å². The van der Waals surface area contributed by atoms with E-state index in [1.165, 1.54) is 128 Å². The predicted octanol–water partition coefficient (Wildman–Crippen LogP) is 6.22. The van der Waals surface area contributed by atoms with Crippen LogP contribution in [0.2, 0.25) is 0 Å². The number of amides is 1. The first-order valence-corrected chi connectivity index (χ1v) is 25.3. The van der Waals surface area contributed by atoms with Gasteiger partial charge < -0.3 is 65.1 Å². The maximum atomic E-state index is 13.2. The summed E-state index contributed by atoms with van der Waals surface area (Å²) in [5, 5.41) is 86.8. The van der Waals surface area contributed by atoms with Crippen LogP contribution >= 0.6 is 0 Å². The molecule has 62 heavy (non-hydrogen) atoms. The van der Waals surface area contributed by atoms with Gasteiger partial charge in [0, 0.05) is 6.42 Å². The minimum absolute atomic E-state index is 0.205. The van der Waals surface area contributed by atoms with Crippen molar-refractivity contribution in [2.75, 3.05) is 19.8 Å². The van der Waals surface area contributed by atoms with Crippen LogP contribution in [0.1, 0.15) is 206 Å². The molecule has 0 bridgehead atoms. The van der Waals surface area contributed by atoms with E-state index >= 15 is 0 Å². The Morgan fingerprint density at radius 3 is 1.37 bits per heavy atom. The van der Waals surface area contributed by atoms with Gasteiger partial charge in [0.2, 0.25) is 5.91 Å². The van der Waals surface area contributed by atoms with E-state index in [0.717, 1.165) is 51.4 Å². The molecule has 2 heterocycles. The maximum absolute atomic E-state index is 13.2. The van der Waals surface area contributed by atoms with Crippen molar-refractivity contribution in [1.29, 1.82) is 0 Å². The fourth-order valence-electron chi connectivity index (χ4n) is 8.65. The van der Waals surface area contributed by atoms with Crippen LogP contribution in [0.4, 0.5) is 0 Å². The van der Waals surface area contributed by atoms with E-state index in [4.69, 9.17) is 18.9 Å². The van der Waals surface area contributed by atoms with Gasteiger partial charge >= 0.3 is 0 Å². The summed E-state index contributed by atoms with van der Waals surface area (Å²) >= 11 is 0. The number of carbonyl (C=O) groups excluding carboxylic acids is 1. The van der Waals surface area contributed by atoms with Crippen LogP contribution in [0, 0.1) is 0 Å². The minimum Gasteiger partial charge on any atom is -0.394 e. The van der Waals surface area contributed by atoms with Gasteiger partial charge in [-0.1, -0.05) is 187 Å². The van der Waals surface area contributed by atoms with Gasteiger partial charge in [-0.2, -0.15) is 0 Å². The first-order valence-electron chi connectivity index (χ1n) is 25.3. The summed E-state index contributed by atoms with van der Waals surface area (Å²) in [4.78, 5) is 13.2. The van der Waals surface area contributed by atoms with Crippen LogP contribution in [-0.4, -0.2) is 140 Å². The van der Waals surface area contributed by atoms with E-state index in [1.54, 1.807) is 0 Å². The Morgan fingerprint density at radius 1 is 0.516 bits per heavy atom. The number of unbranched alkanes of at least 4 members (excludes halogenated alkanes) is 26. The molecule has 0 aromatic rings. The molecule has 0 aromatic carbocycles. The molecule has 0 saturated carbocycles. The molecule has 0 aromatic heterocycles. The monoisotopic (exact) mass is 892 g/mol. The number of hydrogen-bond acceptors (Lipinski definition) is 13. The van der Waals surface area contributed by atoms with E-state index in [-0.39, 0.29) is 12.5 Å². The topological polar surface area (TPSA) is 228 Å². The van der Waals surface area contributed by atoms with Crippen molar-refractivity contribution >= 4 is 5.91 Å². The van der Waals surface area contributed by atoms with Crippen LogP contribution in [0.3, 0.4) is 0 Å². The van der Waals surface area contributed by atoms with Gasteiger partial charge in [-0.15, -0.1) is 0 Å². The molecule has 2 aliphatic rings. The number of ether oxygens (including phenoxy) is 4. The lowest BCUT2D eigenvalue weighted by Gasteiger charge is -2.46. The van der Waals surface area contributed by atoms with Crippen LogP contribution < -0.4 is 5.32 Å².